The van der Waals surface area contributed by atoms with E-state index in [1.165, 1.54) is 4.90 Å². The molecule has 7 amide bonds. The number of esters is 3. The minimum atomic E-state index is -2.39. The van der Waals surface area contributed by atoms with Crippen LogP contribution in [0, 0.1) is 0 Å². The summed E-state index contributed by atoms with van der Waals surface area (Å²) in [6, 6.07) is -1.82. The summed E-state index contributed by atoms with van der Waals surface area (Å²) in [6.45, 7) is 3.94. The van der Waals surface area contributed by atoms with Crippen LogP contribution >= 0.6 is 0 Å². The third-order valence-corrected chi connectivity index (χ3v) is 9.72. The summed E-state index contributed by atoms with van der Waals surface area (Å²) in [5.74, 6) is -10.2. The number of fused-ring (bicyclic) bond motifs is 1. The molecule has 1 aromatic rings. The number of benzene rings is 1. The van der Waals surface area contributed by atoms with E-state index >= 15 is 0 Å². The fourth-order valence-electron chi connectivity index (χ4n) is 5.61. The lowest BCUT2D eigenvalue weighted by atomic mass is 9.96. The highest BCUT2D eigenvalue weighted by Crippen LogP contribution is 2.42. The number of likely N-dealkylation sites (N-methyl/N-ethyl adjacent to an activating group) is 1. The predicted octanol–water partition coefficient (Wildman–Crippen LogP) is -2.63. The van der Waals surface area contributed by atoms with E-state index in [9.17, 15) is 57.3 Å². The van der Waals surface area contributed by atoms with Crippen LogP contribution in [0.15, 0.2) is 29.5 Å². The molecule has 3 aliphatic heterocycles. The highest BCUT2D eigenvalue weighted by atomic mass is 32.2. The molecule has 21 nitrogen and oxygen atoms in total. The molecule has 3 heterocycles. The summed E-state index contributed by atoms with van der Waals surface area (Å²) in [5, 5.41) is 16.7. The van der Waals surface area contributed by atoms with Crippen molar-refractivity contribution in [3.8, 4) is 11.5 Å². The molecule has 52 heavy (non-hydrogen) atoms. The van der Waals surface area contributed by atoms with E-state index < -0.39 is 105 Å². The van der Waals surface area contributed by atoms with Crippen LogP contribution in [0.4, 0.5) is 4.79 Å². The molecule has 3 aliphatic rings. The Labute approximate surface area is 296 Å². The van der Waals surface area contributed by atoms with Gasteiger partial charge in [-0.1, -0.05) is 6.07 Å². The van der Waals surface area contributed by atoms with Crippen molar-refractivity contribution in [2.24, 2.45) is 0 Å². The van der Waals surface area contributed by atoms with Crippen LogP contribution in [-0.2, 0) is 58.7 Å². The molecule has 4 N–H and O–H groups in total. The summed E-state index contributed by atoms with van der Waals surface area (Å²) in [5.41, 5.74) is -1.21. The number of rotatable bonds is 12. The maximum absolute atomic E-state index is 14.1. The average molecular weight is 749 g/mol. The maximum atomic E-state index is 14.1. The molecule has 4 atom stereocenters. The molecule has 0 bridgehead atoms. The molecular formula is C30H32N6O15S. The Balaban J connectivity index is 1.76. The molecule has 0 saturated carbocycles. The number of carboxylic acid groups (broad SMARTS) is 1. The number of carbonyl (C=O) groups excluding carboxylic acids is 9. The Hall–Kier alpha value is -6.19. The Kier molecular flexibility index (Phi) is 11.4. The van der Waals surface area contributed by atoms with Gasteiger partial charge in [0.25, 0.3) is 5.91 Å². The van der Waals surface area contributed by atoms with E-state index in [0.29, 0.717) is 9.80 Å². The fraction of sp³-hybridized carbons (Fsp3) is 0.400. The monoisotopic (exact) mass is 748 g/mol. The van der Waals surface area contributed by atoms with Gasteiger partial charge in [-0.25, -0.2) is 9.59 Å². The Bertz CT molecular complexity index is 1850. The first kappa shape index (κ1) is 38.6. The van der Waals surface area contributed by atoms with Crippen molar-refractivity contribution in [3.63, 3.8) is 0 Å². The molecule has 278 valence electrons. The van der Waals surface area contributed by atoms with E-state index in [2.05, 4.69) is 16.0 Å². The lowest BCUT2D eigenvalue weighted by molar-refractivity contribution is -0.161. The molecule has 3 unspecified atom stereocenters. The second-order valence-corrected chi connectivity index (χ2v) is 12.8. The van der Waals surface area contributed by atoms with Crippen LogP contribution in [0.2, 0.25) is 0 Å². The van der Waals surface area contributed by atoms with Crippen molar-refractivity contribution < 1.29 is 71.5 Å². The van der Waals surface area contributed by atoms with Gasteiger partial charge in [0, 0.05) is 46.0 Å². The van der Waals surface area contributed by atoms with Crippen LogP contribution in [0.3, 0.4) is 0 Å². The predicted molar refractivity (Wildman–Crippen MR) is 169 cm³/mol. The van der Waals surface area contributed by atoms with Gasteiger partial charge >= 0.3 is 41.7 Å². The van der Waals surface area contributed by atoms with Gasteiger partial charge in [-0.15, -0.1) is 0 Å². The molecule has 22 heteroatoms. The van der Waals surface area contributed by atoms with Gasteiger partial charge in [0.2, 0.25) is 17.3 Å². The number of carbonyl (C=O) groups is 10. The molecule has 2 saturated heterocycles. The van der Waals surface area contributed by atoms with E-state index in [-0.39, 0.29) is 42.9 Å². The van der Waals surface area contributed by atoms with Crippen molar-refractivity contribution in [2.45, 2.75) is 44.8 Å². The zero-order chi connectivity index (χ0) is 38.7. The van der Waals surface area contributed by atoms with Gasteiger partial charge in [0.1, 0.15) is 18.3 Å². The summed E-state index contributed by atoms with van der Waals surface area (Å²) in [6.07, 6.45) is 0.0178. The third kappa shape index (κ3) is 7.31. The minimum Gasteiger partial charge on any atom is -0.477 e. The topological polar surface area (TPSA) is 281 Å². The van der Waals surface area contributed by atoms with Crippen molar-refractivity contribution in [1.29, 1.82) is 0 Å². The Morgan fingerprint density at radius 3 is 2.23 bits per heavy atom. The lowest BCUT2D eigenvalue weighted by Crippen LogP contribution is -2.87. The SMILES string of the molecule is CCN1CCN(C(=O)NC(C(=O)N[C@@H]2C(=O)N3C(C(=O)O)=C(COC(C)=O)CS(=O)C23NC=O)c2ccc(OC(C)=O)c(OC(C)=O)c2)C(=O)C1=O. The zero-order valence-corrected chi connectivity index (χ0v) is 28.7. The number of nitrogens with zero attached hydrogens (tertiary/aromatic N) is 3. The van der Waals surface area contributed by atoms with Crippen molar-refractivity contribution in [2.75, 3.05) is 32.0 Å². The lowest BCUT2D eigenvalue weighted by Gasteiger charge is -2.57. The van der Waals surface area contributed by atoms with E-state index in [1.54, 1.807) is 6.92 Å². The number of piperazine rings is 1. The van der Waals surface area contributed by atoms with Crippen LogP contribution in [0.1, 0.15) is 39.3 Å². The highest BCUT2D eigenvalue weighted by Gasteiger charge is 2.69. The van der Waals surface area contributed by atoms with Gasteiger partial charge < -0.3 is 40.2 Å². The number of β-lactam (4-membered cyclic amide) rings is 1. The summed E-state index contributed by atoms with van der Waals surface area (Å²) in [4.78, 5) is 125. The number of urea groups is 1. The van der Waals surface area contributed by atoms with E-state index in [0.717, 1.165) is 39.0 Å². The first-order valence-corrected chi connectivity index (χ1v) is 16.5. The number of aliphatic carboxylic acids is 1. The average Bonchev–Trinajstić information content (AvgIpc) is 3.07. The summed E-state index contributed by atoms with van der Waals surface area (Å²) < 4.78 is 28.7. The summed E-state index contributed by atoms with van der Waals surface area (Å²) in [7, 11) is -2.39. The van der Waals surface area contributed by atoms with Gasteiger partial charge in [-0.3, -0.25) is 52.4 Å². The summed E-state index contributed by atoms with van der Waals surface area (Å²) >= 11 is 0. The van der Waals surface area contributed by atoms with Gasteiger partial charge in [-0.2, -0.15) is 0 Å². The van der Waals surface area contributed by atoms with Gasteiger partial charge in [0.05, 0.1) is 16.6 Å². The zero-order valence-electron chi connectivity index (χ0n) is 27.9. The Morgan fingerprint density at radius 2 is 1.65 bits per heavy atom. The normalized spacial score (nSPS) is 21.6. The maximum Gasteiger partial charge on any atom is 0.352 e. The third-order valence-electron chi connectivity index (χ3n) is 7.88. The smallest absolute Gasteiger partial charge is 0.352 e. The first-order valence-electron chi connectivity index (χ1n) is 15.2. The van der Waals surface area contributed by atoms with Crippen LogP contribution in [-0.4, -0.2) is 127 Å². The van der Waals surface area contributed by atoms with Crippen LogP contribution < -0.4 is 25.4 Å². The Morgan fingerprint density at radius 1 is 1.00 bits per heavy atom. The standard InChI is InChI=1S/C30H32N6O15S/c1-5-34-8-9-35(27(44)26(34)43)29(47)32-21(17-6-7-19(50-15(3)39)20(10-17)51-16(4)40)24(41)33-23-25(42)36-22(28(45)46)18(11-49-14(2)38)12-52(48)30(23,36)31-13-37/h6-7,10,13,21,23H,5,8-9,11-12H2,1-4H3,(H,31,37)(H,32,47)(H,33,41)(H,45,46)/t21?,23-,30?,52?/m1/s1. The van der Waals surface area contributed by atoms with Crippen molar-refractivity contribution in [3.05, 3.63) is 35.0 Å². The molecule has 1 aromatic carbocycles. The molecule has 0 spiro atoms. The molecule has 0 aliphatic carbocycles. The number of hydrogen-bond donors (Lipinski definition) is 4. The number of hydrogen-bond acceptors (Lipinski definition) is 14. The van der Waals surface area contributed by atoms with Crippen molar-refractivity contribution in [1.82, 2.24) is 30.7 Å². The quantitative estimate of drug-likeness (QED) is 0.0559. The van der Waals surface area contributed by atoms with Gasteiger partial charge in [0.15, 0.2) is 17.5 Å². The molecule has 4 rings (SSSR count). The second kappa shape index (κ2) is 15.4. The van der Waals surface area contributed by atoms with Crippen LogP contribution in [0.5, 0.6) is 11.5 Å². The largest absolute Gasteiger partial charge is 0.477 e. The van der Waals surface area contributed by atoms with E-state index in [1.807, 2.05) is 0 Å². The minimum absolute atomic E-state index is 0.0178. The number of nitrogens with one attached hydrogen (secondary N) is 3. The number of carboxylic acids is 1. The fourth-order valence-corrected chi connectivity index (χ4v) is 7.35. The highest BCUT2D eigenvalue weighted by molar-refractivity contribution is 7.86. The first-order chi connectivity index (χ1) is 24.5. The molecule has 0 radical (unpaired) electrons. The molecular weight excluding hydrogens is 716 g/mol. The second-order valence-electron chi connectivity index (χ2n) is 11.2. The van der Waals surface area contributed by atoms with Crippen LogP contribution in [0.25, 0.3) is 0 Å². The molecule has 0 aromatic heterocycles. The number of amides is 7. The van der Waals surface area contributed by atoms with Crippen molar-refractivity contribution >= 4 is 70.7 Å². The van der Waals surface area contributed by atoms with Gasteiger partial charge in [-0.05, 0) is 24.6 Å². The number of ether oxygens (including phenoxy) is 3. The molecule has 2 fully saturated rings. The van der Waals surface area contributed by atoms with E-state index in [4.69, 9.17) is 14.2 Å². The number of imide groups is 1.